The van der Waals surface area contributed by atoms with Gasteiger partial charge in [0.15, 0.2) is 5.83 Å². The lowest BCUT2D eigenvalue weighted by molar-refractivity contribution is 0.0927. The lowest BCUT2D eigenvalue weighted by Crippen LogP contribution is -2.60. The Kier molecular flexibility index (Phi) is 5.18. The Balaban J connectivity index is 1.18. The van der Waals surface area contributed by atoms with Gasteiger partial charge in [0.25, 0.3) is 0 Å². The number of aliphatic imine (C=N–C) groups is 1. The van der Waals surface area contributed by atoms with Crippen LogP contribution in [-0.4, -0.2) is 72.8 Å². The molecule has 0 spiro atoms. The van der Waals surface area contributed by atoms with Gasteiger partial charge in [-0.05, 0) is 30.4 Å². The highest BCUT2D eigenvalue weighted by atomic mass is 35.5. The third-order valence-corrected chi connectivity index (χ3v) is 6.71. The molecule has 5 rings (SSSR count). The zero-order valence-corrected chi connectivity index (χ0v) is 17.9. The Morgan fingerprint density at radius 2 is 2.42 bits per heavy atom. The Hall–Kier alpha value is -2.52. The van der Waals surface area contributed by atoms with E-state index < -0.39 is 0 Å². The third-order valence-electron chi connectivity index (χ3n) is 6.49. The molecule has 0 saturated carbocycles. The van der Waals surface area contributed by atoms with Crippen LogP contribution >= 0.6 is 11.6 Å². The first-order valence-electron chi connectivity index (χ1n) is 10.6. The number of hydrogen-bond acceptors (Lipinski definition) is 7. The van der Waals surface area contributed by atoms with Crippen molar-refractivity contribution in [1.29, 1.82) is 0 Å². The molecule has 4 unspecified atom stereocenters. The van der Waals surface area contributed by atoms with E-state index in [4.69, 9.17) is 16.3 Å². The average molecular weight is 449 g/mol. The normalized spacial score (nSPS) is 33.3. The predicted molar refractivity (Wildman–Crippen MR) is 116 cm³/mol. The smallest absolute Gasteiger partial charge is 0.410 e. The van der Waals surface area contributed by atoms with Gasteiger partial charge in [0.1, 0.15) is 30.0 Å². The first kappa shape index (κ1) is 20.4. The summed E-state index contributed by atoms with van der Waals surface area (Å²) in [6.45, 7) is 6.44. The van der Waals surface area contributed by atoms with Crippen molar-refractivity contribution < 1.29 is 13.9 Å². The standard InChI is InChI=1S/C21H26ClFN6O2/c1-2-6-31-20(30)28-5-3-4-13(11-28)8-24-17-16(23)10-26-19(27-17)21-12-29(21)18-15(21)7-14(22)9-25-18/h2,7,9,13,18,24-25H,1,3-6,8,10-12H2,(H,26,27). The van der Waals surface area contributed by atoms with E-state index in [1.54, 1.807) is 17.2 Å². The van der Waals surface area contributed by atoms with Crippen LogP contribution in [0.1, 0.15) is 12.8 Å². The molecule has 5 heterocycles. The molecule has 0 radical (unpaired) electrons. The first-order valence-corrected chi connectivity index (χ1v) is 11.0. The lowest BCUT2D eigenvalue weighted by atomic mass is 9.86. The van der Waals surface area contributed by atoms with Crippen molar-refractivity contribution in [3.63, 3.8) is 0 Å². The van der Waals surface area contributed by atoms with Crippen LogP contribution in [0.5, 0.6) is 0 Å². The van der Waals surface area contributed by atoms with Gasteiger partial charge in [0.05, 0.1) is 11.6 Å². The molecule has 3 fully saturated rings. The number of nitrogens with zero attached hydrogens (tertiary/aromatic N) is 3. The minimum atomic E-state index is -0.324. The molecule has 3 saturated heterocycles. The van der Waals surface area contributed by atoms with E-state index in [-0.39, 0.29) is 42.7 Å². The summed E-state index contributed by atoms with van der Waals surface area (Å²) in [7, 11) is 0. The summed E-state index contributed by atoms with van der Waals surface area (Å²) in [5.74, 6) is 1.03. The molecule has 31 heavy (non-hydrogen) atoms. The quantitative estimate of drug-likeness (QED) is 0.424. The van der Waals surface area contributed by atoms with Gasteiger partial charge in [-0.25, -0.2) is 9.18 Å². The minimum Gasteiger partial charge on any atom is -0.445 e. The maximum absolute atomic E-state index is 14.5. The molecule has 4 atom stereocenters. The third kappa shape index (κ3) is 3.49. The number of ether oxygens (including phenoxy) is 1. The van der Waals surface area contributed by atoms with E-state index in [0.29, 0.717) is 30.5 Å². The average Bonchev–Trinajstić information content (AvgIpc) is 3.46. The first-order chi connectivity index (χ1) is 15.0. The van der Waals surface area contributed by atoms with E-state index in [1.165, 1.54) is 0 Å². The maximum atomic E-state index is 14.5. The number of carbonyl (C=O) groups excluding carboxylic acids is 1. The van der Waals surface area contributed by atoms with Crippen LogP contribution in [0.3, 0.4) is 0 Å². The van der Waals surface area contributed by atoms with Gasteiger partial charge >= 0.3 is 6.09 Å². The largest absolute Gasteiger partial charge is 0.445 e. The van der Waals surface area contributed by atoms with Crippen LogP contribution < -0.4 is 16.0 Å². The molecule has 0 aromatic carbocycles. The number of amidine groups is 1. The number of halogens is 2. The van der Waals surface area contributed by atoms with E-state index in [9.17, 15) is 9.18 Å². The number of carbonyl (C=O) groups is 1. The molecule has 10 heteroatoms. The van der Waals surface area contributed by atoms with Crippen molar-refractivity contribution in [2.24, 2.45) is 10.9 Å². The molecule has 166 valence electrons. The number of amides is 1. The summed E-state index contributed by atoms with van der Waals surface area (Å²) in [5.41, 5.74) is 0.866. The fourth-order valence-corrected chi connectivity index (χ4v) is 5.06. The van der Waals surface area contributed by atoms with Crippen LogP contribution in [0.4, 0.5) is 9.18 Å². The zero-order valence-electron chi connectivity index (χ0n) is 17.2. The Morgan fingerprint density at radius 3 is 3.26 bits per heavy atom. The van der Waals surface area contributed by atoms with Gasteiger partial charge < -0.3 is 25.6 Å². The lowest BCUT2D eigenvalue weighted by Gasteiger charge is -2.42. The number of dihydropyridines is 1. The number of allylic oxidation sites excluding steroid dienone is 2. The van der Waals surface area contributed by atoms with Crippen LogP contribution in [0.2, 0.25) is 0 Å². The van der Waals surface area contributed by atoms with Crippen LogP contribution in [0, 0.1) is 5.92 Å². The second-order valence-electron chi connectivity index (χ2n) is 8.46. The molecular weight excluding hydrogens is 423 g/mol. The van der Waals surface area contributed by atoms with E-state index in [0.717, 1.165) is 30.8 Å². The van der Waals surface area contributed by atoms with Crippen molar-refractivity contribution in [3.05, 3.63) is 47.2 Å². The van der Waals surface area contributed by atoms with Gasteiger partial charge in [0, 0.05) is 32.4 Å². The Bertz CT molecular complexity index is 931. The fraction of sp³-hybridized carbons (Fsp3) is 0.524. The fourth-order valence-electron chi connectivity index (χ4n) is 4.88. The van der Waals surface area contributed by atoms with Gasteiger partial charge in [-0.2, -0.15) is 0 Å². The van der Waals surface area contributed by atoms with Crippen LogP contribution in [-0.2, 0) is 4.74 Å². The summed E-state index contributed by atoms with van der Waals surface area (Å²) in [6, 6.07) is 0. The van der Waals surface area contributed by atoms with E-state index >= 15 is 0 Å². The summed E-state index contributed by atoms with van der Waals surface area (Å²) in [6.07, 6.45) is 7.01. The molecule has 3 N–H and O–H groups in total. The van der Waals surface area contributed by atoms with Crippen LogP contribution in [0.25, 0.3) is 0 Å². The van der Waals surface area contributed by atoms with Crippen LogP contribution in [0.15, 0.2) is 52.2 Å². The van der Waals surface area contributed by atoms with Gasteiger partial charge in [-0.3, -0.25) is 9.89 Å². The molecule has 0 bridgehead atoms. The number of rotatable bonds is 6. The molecule has 8 nitrogen and oxygen atoms in total. The molecule has 5 aliphatic rings. The molecular formula is C21H26ClFN6O2. The molecule has 0 aromatic heterocycles. The predicted octanol–water partition coefficient (Wildman–Crippen LogP) is 1.75. The van der Waals surface area contributed by atoms with Crippen molar-refractivity contribution in [1.82, 2.24) is 25.8 Å². The number of hydrogen-bond donors (Lipinski definition) is 3. The zero-order chi connectivity index (χ0) is 21.6. The topological polar surface area (TPSA) is 81.0 Å². The number of likely N-dealkylation sites (tertiary alicyclic amines) is 1. The molecule has 5 aliphatic heterocycles. The van der Waals surface area contributed by atoms with Crippen molar-refractivity contribution in [2.75, 3.05) is 39.3 Å². The summed E-state index contributed by atoms with van der Waals surface area (Å²) >= 11 is 6.17. The number of piperidine rings is 1. The highest BCUT2D eigenvalue weighted by Gasteiger charge is 2.73. The van der Waals surface area contributed by atoms with E-state index in [2.05, 4.69) is 32.4 Å². The van der Waals surface area contributed by atoms with Crippen molar-refractivity contribution in [3.8, 4) is 0 Å². The van der Waals surface area contributed by atoms with E-state index in [1.807, 2.05) is 6.08 Å². The summed E-state index contributed by atoms with van der Waals surface area (Å²) in [5, 5.41) is 10.3. The number of nitrogens with one attached hydrogen (secondary N) is 3. The Morgan fingerprint density at radius 1 is 1.55 bits per heavy atom. The summed E-state index contributed by atoms with van der Waals surface area (Å²) in [4.78, 5) is 20.5. The maximum Gasteiger partial charge on any atom is 0.410 e. The van der Waals surface area contributed by atoms with Crippen molar-refractivity contribution in [2.45, 2.75) is 24.5 Å². The molecule has 0 aliphatic carbocycles. The number of fused-ring (bicyclic) bond motifs is 4. The van der Waals surface area contributed by atoms with Gasteiger partial charge in [0.2, 0.25) is 0 Å². The minimum absolute atomic E-state index is 0.0138. The van der Waals surface area contributed by atoms with Crippen molar-refractivity contribution >= 4 is 23.5 Å². The molecule has 1 amide bonds. The van der Waals surface area contributed by atoms with Gasteiger partial charge in [-0.15, -0.1) is 0 Å². The highest BCUT2D eigenvalue weighted by molar-refractivity contribution is 6.31. The SMILES string of the molecule is C=CCOC(=O)N1CCCC(CNC2=C(F)CN=C(C34CN3C3NC=C(Cl)C=C34)N2)C1. The molecule has 0 aromatic rings. The second kappa shape index (κ2) is 7.87. The monoisotopic (exact) mass is 448 g/mol. The Labute approximate surface area is 185 Å². The summed E-state index contributed by atoms with van der Waals surface area (Å²) < 4.78 is 19.7. The second-order valence-corrected chi connectivity index (χ2v) is 8.89. The highest BCUT2D eigenvalue weighted by Crippen LogP contribution is 2.56. The van der Waals surface area contributed by atoms with Gasteiger partial charge in [-0.1, -0.05) is 24.3 Å².